The van der Waals surface area contributed by atoms with Gasteiger partial charge >= 0.3 is 0 Å². The van der Waals surface area contributed by atoms with Crippen molar-refractivity contribution in [2.45, 2.75) is 56.7 Å². The molecule has 2 unspecified atom stereocenters. The molecule has 2 rings (SSSR count). The molecule has 15 heavy (non-hydrogen) atoms. The van der Waals surface area contributed by atoms with Crippen LogP contribution in [0.5, 0.6) is 0 Å². The molecule has 0 radical (unpaired) electrons. The standard InChI is InChI=1S/C12H25N3/c1-15(12-5-6-12)8-7-14-11-4-2-3-10(13)9-11/h10-12,14H,2-9,13H2,1H3. The average Bonchev–Trinajstić information content (AvgIpc) is 3.00. The summed E-state index contributed by atoms with van der Waals surface area (Å²) in [6.45, 7) is 2.32. The maximum absolute atomic E-state index is 5.96. The predicted octanol–water partition coefficient (Wildman–Crippen LogP) is 0.940. The van der Waals surface area contributed by atoms with Gasteiger partial charge in [0.15, 0.2) is 0 Å². The molecule has 0 amide bonds. The average molecular weight is 211 g/mol. The fraction of sp³-hybridized carbons (Fsp3) is 1.00. The van der Waals surface area contributed by atoms with E-state index in [2.05, 4.69) is 17.3 Å². The minimum Gasteiger partial charge on any atom is -0.328 e. The first kappa shape index (κ1) is 11.4. The van der Waals surface area contributed by atoms with Crippen molar-refractivity contribution in [2.24, 2.45) is 5.73 Å². The van der Waals surface area contributed by atoms with Gasteiger partial charge in [0, 0.05) is 31.2 Å². The summed E-state index contributed by atoms with van der Waals surface area (Å²) in [5.74, 6) is 0. The summed E-state index contributed by atoms with van der Waals surface area (Å²) in [6.07, 6.45) is 7.83. The van der Waals surface area contributed by atoms with Crippen molar-refractivity contribution >= 4 is 0 Å². The predicted molar refractivity (Wildman–Crippen MR) is 63.9 cm³/mol. The molecule has 0 aromatic carbocycles. The van der Waals surface area contributed by atoms with Crippen molar-refractivity contribution in [3.05, 3.63) is 0 Å². The minimum atomic E-state index is 0.442. The van der Waals surface area contributed by atoms with Gasteiger partial charge in [0.05, 0.1) is 0 Å². The molecule has 2 aliphatic rings. The molecular weight excluding hydrogens is 186 g/mol. The highest BCUT2D eigenvalue weighted by molar-refractivity contribution is 4.84. The van der Waals surface area contributed by atoms with Crippen molar-refractivity contribution in [2.75, 3.05) is 20.1 Å². The first-order valence-corrected chi connectivity index (χ1v) is 6.45. The third kappa shape index (κ3) is 3.74. The highest BCUT2D eigenvalue weighted by Gasteiger charge is 2.25. The van der Waals surface area contributed by atoms with Crippen molar-refractivity contribution in [1.29, 1.82) is 0 Å². The van der Waals surface area contributed by atoms with E-state index in [0.717, 1.165) is 12.6 Å². The smallest absolute Gasteiger partial charge is 0.0107 e. The summed E-state index contributed by atoms with van der Waals surface area (Å²) in [7, 11) is 2.24. The Balaban J connectivity index is 1.56. The zero-order chi connectivity index (χ0) is 10.7. The second-order valence-electron chi connectivity index (χ2n) is 5.29. The van der Waals surface area contributed by atoms with E-state index in [-0.39, 0.29) is 0 Å². The number of rotatable bonds is 5. The van der Waals surface area contributed by atoms with Gasteiger partial charge in [-0.2, -0.15) is 0 Å². The Morgan fingerprint density at radius 3 is 2.73 bits per heavy atom. The number of hydrogen-bond donors (Lipinski definition) is 2. The quantitative estimate of drug-likeness (QED) is 0.711. The minimum absolute atomic E-state index is 0.442. The highest BCUT2D eigenvalue weighted by Crippen LogP contribution is 2.24. The van der Waals surface area contributed by atoms with Crippen molar-refractivity contribution < 1.29 is 0 Å². The number of nitrogens with zero attached hydrogens (tertiary/aromatic N) is 1. The third-order valence-electron chi connectivity index (χ3n) is 3.78. The van der Waals surface area contributed by atoms with E-state index >= 15 is 0 Å². The van der Waals surface area contributed by atoms with Gasteiger partial charge in [0.2, 0.25) is 0 Å². The molecule has 2 atom stereocenters. The van der Waals surface area contributed by atoms with Gasteiger partial charge in [-0.25, -0.2) is 0 Å². The van der Waals surface area contributed by atoms with E-state index in [1.807, 2.05) is 0 Å². The van der Waals surface area contributed by atoms with Crippen LogP contribution in [0.1, 0.15) is 38.5 Å². The molecule has 0 aromatic rings. The van der Waals surface area contributed by atoms with Crippen LogP contribution in [0.3, 0.4) is 0 Å². The largest absolute Gasteiger partial charge is 0.328 e. The van der Waals surface area contributed by atoms with Gasteiger partial charge in [-0.1, -0.05) is 6.42 Å². The lowest BCUT2D eigenvalue weighted by atomic mass is 9.92. The van der Waals surface area contributed by atoms with E-state index in [1.165, 1.54) is 45.1 Å². The maximum atomic E-state index is 5.96. The van der Waals surface area contributed by atoms with Gasteiger partial charge in [-0.3, -0.25) is 0 Å². The van der Waals surface area contributed by atoms with Crippen LogP contribution in [0.15, 0.2) is 0 Å². The Hall–Kier alpha value is -0.120. The fourth-order valence-corrected chi connectivity index (χ4v) is 2.56. The lowest BCUT2D eigenvalue weighted by molar-refractivity contribution is 0.290. The first-order chi connectivity index (χ1) is 7.25. The molecular formula is C12H25N3. The van der Waals surface area contributed by atoms with Crippen LogP contribution in [0.25, 0.3) is 0 Å². The molecule has 2 aliphatic carbocycles. The maximum Gasteiger partial charge on any atom is 0.0107 e. The summed E-state index contributed by atoms with van der Waals surface area (Å²) in [5, 5.41) is 3.64. The summed E-state index contributed by atoms with van der Waals surface area (Å²) >= 11 is 0. The molecule has 2 fully saturated rings. The zero-order valence-electron chi connectivity index (χ0n) is 9.91. The van der Waals surface area contributed by atoms with Gasteiger partial charge in [0.1, 0.15) is 0 Å². The molecule has 3 N–H and O–H groups in total. The van der Waals surface area contributed by atoms with Crippen LogP contribution in [0.4, 0.5) is 0 Å². The van der Waals surface area contributed by atoms with E-state index in [4.69, 9.17) is 5.73 Å². The van der Waals surface area contributed by atoms with Crippen LogP contribution in [0, 0.1) is 0 Å². The topological polar surface area (TPSA) is 41.3 Å². The molecule has 0 spiro atoms. The molecule has 0 aliphatic heterocycles. The van der Waals surface area contributed by atoms with E-state index < -0.39 is 0 Å². The van der Waals surface area contributed by atoms with Gasteiger partial charge in [-0.15, -0.1) is 0 Å². The van der Waals surface area contributed by atoms with Crippen molar-refractivity contribution in [3.8, 4) is 0 Å². The monoisotopic (exact) mass is 211 g/mol. The summed E-state index contributed by atoms with van der Waals surface area (Å²) in [4.78, 5) is 2.48. The number of likely N-dealkylation sites (N-methyl/N-ethyl adjacent to an activating group) is 1. The summed E-state index contributed by atoms with van der Waals surface area (Å²) in [5.41, 5.74) is 5.96. The molecule has 0 heterocycles. The normalized spacial score (nSPS) is 32.2. The van der Waals surface area contributed by atoms with Crippen LogP contribution in [0.2, 0.25) is 0 Å². The highest BCUT2D eigenvalue weighted by atomic mass is 15.2. The lowest BCUT2D eigenvalue weighted by Crippen LogP contribution is -2.42. The molecule has 0 aromatic heterocycles. The van der Waals surface area contributed by atoms with Crippen LogP contribution in [-0.2, 0) is 0 Å². The first-order valence-electron chi connectivity index (χ1n) is 6.45. The SMILES string of the molecule is CN(CCNC1CCCC(N)C1)C1CC1. The summed E-state index contributed by atoms with van der Waals surface area (Å²) in [6, 6.07) is 2.01. The van der Waals surface area contributed by atoms with Gasteiger partial charge < -0.3 is 16.0 Å². The summed E-state index contributed by atoms with van der Waals surface area (Å²) < 4.78 is 0. The van der Waals surface area contributed by atoms with Gasteiger partial charge in [-0.05, 0) is 39.2 Å². The number of nitrogens with one attached hydrogen (secondary N) is 1. The Bertz CT molecular complexity index is 191. The Labute approximate surface area is 93.4 Å². The molecule has 88 valence electrons. The van der Waals surface area contributed by atoms with Crippen molar-refractivity contribution in [1.82, 2.24) is 10.2 Å². The molecule has 3 heteroatoms. The number of hydrogen-bond acceptors (Lipinski definition) is 3. The number of nitrogens with two attached hydrogens (primary N) is 1. The van der Waals surface area contributed by atoms with Crippen molar-refractivity contribution in [3.63, 3.8) is 0 Å². The Morgan fingerprint density at radius 2 is 2.07 bits per heavy atom. The Morgan fingerprint density at radius 1 is 1.27 bits per heavy atom. The lowest BCUT2D eigenvalue weighted by Gasteiger charge is -2.28. The Kier molecular flexibility index (Phi) is 4.00. The van der Waals surface area contributed by atoms with E-state index in [0.29, 0.717) is 12.1 Å². The molecule has 0 bridgehead atoms. The van der Waals surface area contributed by atoms with E-state index in [9.17, 15) is 0 Å². The fourth-order valence-electron chi connectivity index (χ4n) is 2.56. The van der Waals surface area contributed by atoms with Gasteiger partial charge in [0.25, 0.3) is 0 Å². The second kappa shape index (κ2) is 5.28. The zero-order valence-corrected chi connectivity index (χ0v) is 9.91. The van der Waals surface area contributed by atoms with Crippen LogP contribution < -0.4 is 11.1 Å². The van der Waals surface area contributed by atoms with E-state index in [1.54, 1.807) is 0 Å². The molecule has 0 saturated heterocycles. The van der Waals surface area contributed by atoms with Crippen LogP contribution in [-0.4, -0.2) is 43.2 Å². The third-order valence-corrected chi connectivity index (χ3v) is 3.78. The molecule has 3 nitrogen and oxygen atoms in total. The van der Waals surface area contributed by atoms with Crippen LogP contribution >= 0.6 is 0 Å². The second-order valence-corrected chi connectivity index (χ2v) is 5.29. The molecule has 2 saturated carbocycles.